The minimum atomic E-state index is 0.828. The van der Waals surface area contributed by atoms with Crippen molar-refractivity contribution in [2.24, 2.45) is 11.8 Å². The number of hydrogen-bond acceptors (Lipinski definition) is 2. The average Bonchev–Trinajstić information content (AvgIpc) is 2.82. The number of likely N-dealkylation sites (tertiary alicyclic amines) is 1. The van der Waals surface area contributed by atoms with Crippen molar-refractivity contribution in [2.45, 2.75) is 51.1 Å². The highest BCUT2D eigenvalue weighted by Gasteiger charge is 2.38. The first-order valence-corrected chi connectivity index (χ1v) is 6.80. The molecule has 4 atom stereocenters. The Morgan fingerprint density at radius 1 is 1.13 bits per heavy atom. The van der Waals surface area contributed by atoms with Gasteiger partial charge in [-0.3, -0.25) is 4.90 Å². The fraction of sp³-hybridized carbons (Fsp3) is 1.00. The lowest BCUT2D eigenvalue weighted by molar-refractivity contribution is 0.231. The molecule has 3 fully saturated rings. The van der Waals surface area contributed by atoms with Gasteiger partial charge in [0.1, 0.15) is 0 Å². The summed E-state index contributed by atoms with van der Waals surface area (Å²) < 4.78 is 0. The quantitative estimate of drug-likeness (QED) is 0.707. The van der Waals surface area contributed by atoms with Gasteiger partial charge < -0.3 is 5.32 Å². The molecular formula is C13H24N2. The Balaban J connectivity index is 1.60. The van der Waals surface area contributed by atoms with Crippen molar-refractivity contribution in [3.63, 3.8) is 0 Å². The molecule has 3 aliphatic rings. The van der Waals surface area contributed by atoms with Crippen molar-refractivity contribution < 1.29 is 0 Å². The van der Waals surface area contributed by atoms with Crippen LogP contribution in [0, 0.1) is 11.8 Å². The Morgan fingerprint density at radius 2 is 2.07 bits per heavy atom. The SMILES string of the molecule is CC1CCC(N2C[C@@H]3CCCN[C@@H]3C2)C1. The molecule has 2 nitrogen and oxygen atoms in total. The Bertz CT molecular complexity index is 215. The van der Waals surface area contributed by atoms with Gasteiger partial charge in [-0.1, -0.05) is 6.92 Å². The van der Waals surface area contributed by atoms with E-state index in [4.69, 9.17) is 0 Å². The van der Waals surface area contributed by atoms with Crippen LogP contribution in [0.25, 0.3) is 0 Å². The van der Waals surface area contributed by atoms with Crippen molar-refractivity contribution in [3.05, 3.63) is 0 Å². The number of piperidine rings is 1. The van der Waals surface area contributed by atoms with Crippen LogP contribution in [-0.2, 0) is 0 Å². The predicted octanol–water partition coefficient (Wildman–Crippen LogP) is 1.86. The molecule has 1 N–H and O–H groups in total. The molecule has 0 aromatic rings. The van der Waals surface area contributed by atoms with Crippen LogP contribution in [0.1, 0.15) is 39.0 Å². The Morgan fingerprint density at radius 3 is 2.80 bits per heavy atom. The Kier molecular flexibility index (Phi) is 2.73. The minimum Gasteiger partial charge on any atom is -0.312 e. The summed E-state index contributed by atoms with van der Waals surface area (Å²) in [6.45, 7) is 6.40. The molecule has 0 bridgehead atoms. The first-order chi connectivity index (χ1) is 7.33. The zero-order valence-electron chi connectivity index (χ0n) is 9.91. The van der Waals surface area contributed by atoms with E-state index in [9.17, 15) is 0 Å². The van der Waals surface area contributed by atoms with Crippen molar-refractivity contribution in [1.82, 2.24) is 10.2 Å². The predicted molar refractivity (Wildman–Crippen MR) is 62.9 cm³/mol. The molecule has 0 amide bonds. The highest BCUT2D eigenvalue weighted by atomic mass is 15.2. The van der Waals surface area contributed by atoms with Crippen LogP contribution in [0.4, 0.5) is 0 Å². The standard InChI is InChI=1S/C13H24N2/c1-10-4-5-12(7-10)15-8-11-3-2-6-14-13(11)9-15/h10-14H,2-9H2,1H3/t10?,11-,12?,13+/m0/s1. The van der Waals surface area contributed by atoms with Gasteiger partial charge >= 0.3 is 0 Å². The van der Waals surface area contributed by atoms with Crippen LogP contribution < -0.4 is 5.32 Å². The molecule has 86 valence electrons. The van der Waals surface area contributed by atoms with Gasteiger partial charge in [0.2, 0.25) is 0 Å². The molecule has 2 heteroatoms. The van der Waals surface area contributed by atoms with Crippen LogP contribution in [0.5, 0.6) is 0 Å². The molecule has 1 saturated carbocycles. The molecule has 3 rings (SSSR count). The maximum absolute atomic E-state index is 3.70. The first kappa shape index (κ1) is 10.1. The third-order valence-electron chi connectivity index (χ3n) is 4.81. The van der Waals surface area contributed by atoms with Crippen LogP contribution in [-0.4, -0.2) is 36.6 Å². The molecule has 2 unspecified atom stereocenters. The van der Waals surface area contributed by atoms with Crippen LogP contribution in [0.3, 0.4) is 0 Å². The number of fused-ring (bicyclic) bond motifs is 1. The lowest BCUT2D eigenvalue weighted by Crippen LogP contribution is -2.41. The van der Waals surface area contributed by atoms with Gasteiger partial charge in [0.25, 0.3) is 0 Å². The van der Waals surface area contributed by atoms with E-state index < -0.39 is 0 Å². The van der Waals surface area contributed by atoms with E-state index in [1.807, 2.05) is 0 Å². The second-order valence-electron chi connectivity index (χ2n) is 5.99. The summed E-state index contributed by atoms with van der Waals surface area (Å²) in [6.07, 6.45) is 7.25. The van der Waals surface area contributed by atoms with Crippen LogP contribution in [0.15, 0.2) is 0 Å². The molecule has 0 radical (unpaired) electrons. The van der Waals surface area contributed by atoms with Crippen molar-refractivity contribution in [2.75, 3.05) is 19.6 Å². The minimum absolute atomic E-state index is 0.828. The molecule has 15 heavy (non-hydrogen) atoms. The fourth-order valence-corrected chi connectivity index (χ4v) is 3.89. The summed E-state index contributed by atoms with van der Waals surface area (Å²) in [5, 5.41) is 3.70. The Labute approximate surface area is 93.4 Å². The summed E-state index contributed by atoms with van der Waals surface area (Å²) in [6, 6.07) is 1.75. The zero-order chi connectivity index (χ0) is 10.3. The van der Waals surface area contributed by atoms with Gasteiger partial charge in [-0.05, 0) is 50.5 Å². The van der Waals surface area contributed by atoms with E-state index in [2.05, 4.69) is 17.1 Å². The van der Waals surface area contributed by atoms with E-state index in [1.54, 1.807) is 0 Å². The van der Waals surface area contributed by atoms with Crippen LogP contribution in [0.2, 0.25) is 0 Å². The molecule has 2 saturated heterocycles. The lowest BCUT2D eigenvalue weighted by atomic mass is 9.94. The second-order valence-corrected chi connectivity index (χ2v) is 5.99. The third-order valence-corrected chi connectivity index (χ3v) is 4.81. The maximum atomic E-state index is 3.70. The zero-order valence-corrected chi connectivity index (χ0v) is 9.91. The smallest absolute Gasteiger partial charge is 0.0235 e. The molecule has 0 aromatic carbocycles. The van der Waals surface area contributed by atoms with Crippen molar-refractivity contribution >= 4 is 0 Å². The van der Waals surface area contributed by atoms with Gasteiger partial charge in [0, 0.05) is 25.2 Å². The van der Waals surface area contributed by atoms with E-state index in [-0.39, 0.29) is 0 Å². The second kappa shape index (κ2) is 4.06. The van der Waals surface area contributed by atoms with E-state index in [0.29, 0.717) is 0 Å². The fourth-order valence-electron chi connectivity index (χ4n) is 3.89. The number of nitrogens with zero attached hydrogens (tertiary/aromatic N) is 1. The van der Waals surface area contributed by atoms with Gasteiger partial charge in [0.15, 0.2) is 0 Å². The first-order valence-electron chi connectivity index (χ1n) is 6.80. The molecule has 1 aliphatic carbocycles. The topological polar surface area (TPSA) is 15.3 Å². The number of rotatable bonds is 1. The highest BCUT2D eigenvalue weighted by Crippen LogP contribution is 2.34. The molecule has 0 aromatic heterocycles. The normalized spacial score (nSPS) is 47.0. The largest absolute Gasteiger partial charge is 0.312 e. The summed E-state index contributed by atoms with van der Waals surface area (Å²) >= 11 is 0. The highest BCUT2D eigenvalue weighted by molar-refractivity contribution is 4.95. The van der Waals surface area contributed by atoms with Gasteiger partial charge in [-0.2, -0.15) is 0 Å². The molecule has 2 heterocycles. The van der Waals surface area contributed by atoms with E-state index in [1.165, 1.54) is 51.7 Å². The van der Waals surface area contributed by atoms with Gasteiger partial charge in [-0.15, -0.1) is 0 Å². The Hall–Kier alpha value is -0.0800. The maximum Gasteiger partial charge on any atom is 0.0235 e. The number of hydrogen-bond donors (Lipinski definition) is 1. The van der Waals surface area contributed by atoms with Gasteiger partial charge in [-0.25, -0.2) is 0 Å². The van der Waals surface area contributed by atoms with E-state index >= 15 is 0 Å². The van der Waals surface area contributed by atoms with Crippen LogP contribution >= 0.6 is 0 Å². The third kappa shape index (κ3) is 1.94. The van der Waals surface area contributed by atoms with Gasteiger partial charge in [0.05, 0.1) is 0 Å². The molecule has 0 spiro atoms. The lowest BCUT2D eigenvalue weighted by Gasteiger charge is -2.25. The molecule has 2 aliphatic heterocycles. The van der Waals surface area contributed by atoms with Crippen molar-refractivity contribution in [1.29, 1.82) is 0 Å². The van der Waals surface area contributed by atoms with E-state index in [0.717, 1.165) is 23.9 Å². The monoisotopic (exact) mass is 208 g/mol. The summed E-state index contributed by atoms with van der Waals surface area (Å²) in [5.41, 5.74) is 0. The van der Waals surface area contributed by atoms with Crippen molar-refractivity contribution in [3.8, 4) is 0 Å². The summed E-state index contributed by atoms with van der Waals surface area (Å²) in [5.74, 6) is 1.94. The number of nitrogens with one attached hydrogen (secondary N) is 1. The summed E-state index contributed by atoms with van der Waals surface area (Å²) in [4.78, 5) is 2.79. The summed E-state index contributed by atoms with van der Waals surface area (Å²) in [7, 11) is 0. The molecular weight excluding hydrogens is 184 g/mol. The average molecular weight is 208 g/mol.